The van der Waals surface area contributed by atoms with E-state index in [9.17, 15) is 9.59 Å². The Balaban J connectivity index is 0.000000239. The van der Waals surface area contributed by atoms with Gasteiger partial charge >= 0.3 is 11.9 Å². The Bertz CT molecular complexity index is 440. The monoisotopic (exact) mass is 235 g/mol. The maximum Gasteiger partial charge on any atom is 0.394 e. The van der Waals surface area contributed by atoms with Gasteiger partial charge in [0, 0.05) is 5.69 Å². The Hall–Kier alpha value is -2.77. The minimum atomic E-state index is -1.49. The fourth-order valence-electron chi connectivity index (χ4n) is 0.835. The normalized spacial score (nSPS) is 8.71. The summed E-state index contributed by atoms with van der Waals surface area (Å²) in [5, 5.41) is 22.6. The Morgan fingerprint density at radius 3 is 2.35 bits per heavy atom. The van der Waals surface area contributed by atoms with Gasteiger partial charge in [-0.15, -0.1) is 10.2 Å². The van der Waals surface area contributed by atoms with E-state index in [1.165, 1.54) is 6.33 Å². The molecule has 0 saturated heterocycles. The third-order valence-electron chi connectivity index (χ3n) is 1.50. The number of nitrogens with one attached hydrogen (secondary N) is 2. The Kier molecular flexibility index (Phi) is 4.82. The lowest BCUT2D eigenvalue weighted by Crippen LogP contribution is -2.21. The summed E-state index contributed by atoms with van der Waals surface area (Å²) in [5.41, 5.74) is 0.477. The van der Waals surface area contributed by atoms with Crippen molar-refractivity contribution in [3.8, 4) is 0 Å². The van der Waals surface area contributed by atoms with Gasteiger partial charge in [0.1, 0.15) is 0 Å². The number of hydrogen-bond donors (Lipinski definition) is 3. The topological polar surface area (TPSA) is 121 Å². The fourth-order valence-corrected chi connectivity index (χ4v) is 0.835. The maximum absolute atomic E-state index is 10.6. The van der Waals surface area contributed by atoms with Crippen LogP contribution in [-0.4, -0.2) is 37.6 Å². The lowest BCUT2D eigenvalue weighted by molar-refractivity contribution is -0.147. The van der Waals surface area contributed by atoms with Crippen LogP contribution in [-0.2, 0) is 9.59 Å². The van der Waals surface area contributed by atoms with E-state index in [0.29, 0.717) is 5.69 Å². The predicted molar refractivity (Wildman–Crippen MR) is 56.9 cm³/mol. The number of benzene rings is 1. The van der Waals surface area contributed by atoms with E-state index in [-0.39, 0.29) is 0 Å². The highest BCUT2D eigenvalue weighted by atomic mass is 16.4. The molecule has 0 bridgehead atoms. The molecule has 1 aromatic carbocycles. The first-order valence-corrected chi connectivity index (χ1v) is 4.46. The van der Waals surface area contributed by atoms with Crippen LogP contribution in [0.2, 0.25) is 0 Å². The zero-order chi connectivity index (χ0) is 12.5. The first-order chi connectivity index (χ1) is 8.20. The van der Waals surface area contributed by atoms with Crippen molar-refractivity contribution >= 4 is 17.6 Å². The molecule has 0 atom stereocenters. The van der Waals surface area contributed by atoms with Gasteiger partial charge in [-0.2, -0.15) is 5.21 Å². The van der Waals surface area contributed by atoms with Gasteiger partial charge in [0.15, 0.2) is 6.33 Å². The van der Waals surface area contributed by atoms with E-state index in [4.69, 9.17) is 5.11 Å². The number of amides is 1. The number of carboxylic acids is 1. The lowest BCUT2D eigenvalue weighted by atomic mass is 10.3. The van der Waals surface area contributed by atoms with Crippen LogP contribution >= 0.6 is 0 Å². The molecule has 0 unspecified atom stereocenters. The maximum atomic E-state index is 10.6. The average Bonchev–Trinajstić information content (AvgIpc) is 2.89. The Labute approximate surface area is 95.7 Å². The quantitative estimate of drug-likeness (QED) is 0.594. The number of aliphatic carboxylic acids is 1. The zero-order valence-corrected chi connectivity index (χ0v) is 8.57. The van der Waals surface area contributed by atoms with Crippen LogP contribution in [0.3, 0.4) is 0 Å². The second-order valence-corrected chi connectivity index (χ2v) is 2.69. The number of aromatic nitrogens is 4. The van der Waals surface area contributed by atoms with Gasteiger partial charge in [0.25, 0.3) is 0 Å². The van der Waals surface area contributed by atoms with E-state index in [2.05, 4.69) is 25.9 Å². The number of H-pyrrole nitrogens is 1. The van der Waals surface area contributed by atoms with Gasteiger partial charge in [0.2, 0.25) is 0 Å². The molecule has 1 heterocycles. The second-order valence-electron chi connectivity index (χ2n) is 2.69. The molecule has 17 heavy (non-hydrogen) atoms. The smallest absolute Gasteiger partial charge is 0.394 e. The van der Waals surface area contributed by atoms with E-state index in [0.717, 1.165) is 0 Å². The minimum Gasteiger partial charge on any atom is -0.474 e. The molecule has 1 amide bonds. The molecular weight excluding hydrogens is 226 g/mol. The Morgan fingerprint density at radius 2 is 1.94 bits per heavy atom. The summed E-state index contributed by atoms with van der Waals surface area (Å²) >= 11 is 0. The summed E-state index contributed by atoms with van der Waals surface area (Å²) in [7, 11) is 0. The fraction of sp³-hybridized carbons (Fsp3) is 0. The summed E-state index contributed by atoms with van der Waals surface area (Å²) in [5.74, 6) is -2.51. The number of tetrazole rings is 1. The van der Waals surface area contributed by atoms with Gasteiger partial charge in [-0.3, -0.25) is 4.79 Å². The number of para-hydroxylation sites is 1. The van der Waals surface area contributed by atoms with Crippen LogP contribution in [0, 0.1) is 0 Å². The van der Waals surface area contributed by atoms with Crippen molar-refractivity contribution < 1.29 is 14.7 Å². The molecule has 1 aromatic heterocycles. The standard InChI is InChI=1S/C8H7NO3.CH2N4/c10-7(8(11)12)9-6-4-2-1-3-5-6;1-2-4-5-3-1/h1-5H,(H,9,10)(H,11,12);1H,(H,2,3,4,5). The van der Waals surface area contributed by atoms with Crippen molar-refractivity contribution in [2.24, 2.45) is 0 Å². The molecule has 2 aromatic rings. The molecule has 0 radical (unpaired) electrons. The molecule has 0 saturated carbocycles. The molecule has 0 aliphatic rings. The molecule has 88 valence electrons. The molecule has 0 aliphatic carbocycles. The number of carbonyl (C=O) groups excluding carboxylic acids is 1. The zero-order valence-electron chi connectivity index (χ0n) is 8.57. The highest BCUT2D eigenvalue weighted by molar-refractivity contribution is 6.36. The average molecular weight is 235 g/mol. The SMILES string of the molecule is O=C(O)C(=O)Nc1ccccc1.c1nn[nH]n1. The number of aromatic amines is 1. The molecule has 3 N–H and O–H groups in total. The summed E-state index contributed by atoms with van der Waals surface area (Å²) in [6.45, 7) is 0. The third kappa shape index (κ3) is 5.02. The first-order valence-electron chi connectivity index (χ1n) is 4.46. The highest BCUT2D eigenvalue weighted by Crippen LogP contribution is 2.03. The number of hydrogen-bond acceptors (Lipinski definition) is 5. The van der Waals surface area contributed by atoms with E-state index in [1.54, 1.807) is 30.3 Å². The van der Waals surface area contributed by atoms with E-state index < -0.39 is 11.9 Å². The van der Waals surface area contributed by atoms with Crippen LogP contribution < -0.4 is 5.32 Å². The lowest BCUT2D eigenvalue weighted by Gasteiger charge is -1.99. The highest BCUT2D eigenvalue weighted by Gasteiger charge is 2.09. The van der Waals surface area contributed by atoms with Crippen molar-refractivity contribution in [1.82, 2.24) is 20.6 Å². The number of nitrogens with zero attached hydrogens (tertiary/aromatic N) is 3. The summed E-state index contributed by atoms with van der Waals surface area (Å²) in [4.78, 5) is 20.7. The second kappa shape index (κ2) is 6.67. The van der Waals surface area contributed by atoms with Crippen LogP contribution in [0.15, 0.2) is 36.7 Å². The number of carbonyl (C=O) groups is 2. The number of anilines is 1. The van der Waals surface area contributed by atoms with Crippen molar-refractivity contribution in [3.05, 3.63) is 36.7 Å². The van der Waals surface area contributed by atoms with E-state index >= 15 is 0 Å². The summed E-state index contributed by atoms with van der Waals surface area (Å²) in [6.07, 6.45) is 1.33. The van der Waals surface area contributed by atoms with Crippen LogP contribution in [0.25, 0.3) is 0 Å². The van der Waals surface area contributed by atoms with Gasteiger partial charge in [0.05, 0.1) is 0 Å². The largest absolute Gasteiger partial charge is 0.474 e. The van der Waals surface area contributed by atoms with Crippen molar-refractivity contribution in [2.75, 3.05) is 5.32 Å². The molecule has 0 aliphatic heterocycles. The van der Waals surface area contributed by atoms with Crippen LogP contribution in [0.5, 0.6) is 0 Å². The van der Waals surface area contributed by atoms with Gasteiger partial charge < -0.3 is 10.4 Å². The number of carboxylic acid groups (broad SMARTS) is 1. The van der Waals surface area contributed by atoms with Crippen molar-refractivity contribution in [1.29, 1.82) is 0 Å². The molecule has 0 fully saturated rings. The summed E-state index contributed by atoms with van der Waals surface area (Å²) < 4.78 is 0. The molecular formula is C9H9N5O3. The van der Waals surface area contributed by atoms with Gasteiger partial charge in [-0.25, -0.2) is 4.79 Å². The first kappa shape index (κ1) is 12.3. The number of rotatable bonds is 1. The van der Waals surface area contributed by atoms with Crippen LogP contribution in [0.1, 0.15) is 0 Å². The third-order valence-corrected chi connectivity index (χ3v) is 1.50. The van der Waals surface area contributed by atoms with Gasteiger partial charge in [-0.1, -0.05) is 23.4 Å². The molecule has 0 spiro atoms. The van der Waals surface area contributed by atoms with Crippen molar-refractivity contribution in [2.45, 2.75) is 0 Å². The molecule has 8 heteroatoms. The minimum absolute atomic E-state index is 0.477. The van der Waals surface area contributed by atoms with Crippen LogP contribution in [0.4, 0.5) is 5.69 Å². The van der Waals surface area contributed by atoms with Crippen molar-refractivity contribution in [3.63, 3.8) is 0 Å². The van der Waals surface area contributed by atoms with E-state index in [1.807, 2.05) is 0 Å². The summed E-state index contributed by atoms with van der Waals surface area (Å²) in [6, 6.07) is 8.41. The molecule has 2 rings (SSSR count). The Morgan fingerprint density at radius 1 is 1.24 bits per heavy atom. The predicted octanol–water partition coefficient (Wildman–Crippen LogP) is -0.0906. The van der Waals surface area contributed by atoms with Gasteiger partial charge in [-0.05, 0) is 12.1 Å². The molecule has 8 nitrogen and oxygen atoms in total.